The third-order valence-electron chi connectivity index (χ3n) is 5.49. The average Bonchev–Trinajstić information content (AvgIpc) is 2.85. The van der Waals surface area contributed by atoms with E-state index in [9.17, 15) is 0 Å². The van der Waals surface area contributed by atoms with Crippen molar-refractivity contribution in [3.05, 3.63) is 24.3 Å². The Bertz CT molecular complexity index is 408. The maximum Gasteiger partial charge on any atom is 0.179 e. The Morgan fingerprint density at radius 3 is 1.15 bits per heavy atom. The molecule has 0 aliphatic rings. The third kappa shape index (κ3) is 19.2. The first kappa shape index (κ1) is 32.2. The van der Waals surface area contributed by atoms with Crippen LogP contribution in [-0.4, -0.2) is 67.8 Å². The fourth-order valence-corrected chi connectivity index (χ4v) is 3.42. The number of rotatable bonds is 24. The second-order valence-electron chi connectivity index (χ2n) is 7.99. The van der Waals surface area contributed by atoms with Crippen LogP contribution in [0.2, 0.25) is 0 Å². The Morgan fingerprint density at radius 1 is 0.455 bits per heavy atom. The van der Waals surface area contributed by atoms with E-state index in [0.717, 1.165) is 51.4 Å². The zero-order valence-corrected chi connectivity index (χ0v) is 22.0. The van der Waals surface area contributed by atoms with Gasteiger partial charge in [0.2, 0.25) is 0 Å². The second-order valence-corrected chi connectivity index (χ2v) is 7.99. The highest BCUT2D eigenvalue weighted by Gasteiger charge is 2.10. The molecule has 196 valence electrons. The number of hydrogen-bond donors (Lipinski definition) is 0. The van der Waals surface area contributed by atoms with Gasteiger partial charge in [-0.05, 0) is 63.5 Å². The van der Waals surface area contributed by atoms with Crippen LogP contribution in [0.15, 0.2) is 24.3 Å². The van der Waals surface area contributed by atoms with E-state index in [1.165, 1.54) is 25.7 Å². The van der Waals surface area contributed by atoms with Crippen LogP contribution in [-0.2, 0) is 33.2 Å². The van der Waals surface area contributed by atoms with Gasteiger partial charge in [-0.3, -0.25) is 0 Å². The molecule has 0 heterocycles. The van der Waals surface area contributed by atoms with Crippen molar-refractivity contribution in [2.24, 2.45) is 0 Å². The first-order chi connectivity index (χ1) is 16.1. The summed E-state index contributed by atoms with van der Waals surface area (Å²) < 4.78 is 37.5. The average molecular weight is 475 g/mol. The van der Waals surface area contributed by atoms with Gasteiger partial charge in [-0.25, -0.2) is 0 Å². The first-order valence-corrected chi connectivity index (χ1v) is 12.3. The monoisotopic (exact) mass is 474 g/mol. The quantitative estimate of drug-likeness (QED) is 0.0968. The maximum atomic E-state index is 5.87. The molecule has 0 bridgehead atoms. The molecule has 33 heavy (non-hydrogen) atoms. The van der Waals surface area contributed by atoms with Crippen LogP contribution in [0.3, 0.4) is 0 Å². The summed E-state index contributed by atoms with van der Waals surface area (Å²) >= 11 is 0. The minimum absolute atomic E-state index is 0.0809. The Morgan fingerprint density at radius 2 is 0.818 bits per heavy atom. The lowest BCUT2D eigenvalue weighted by molar-refractivity contribution is -0.188. The molecule has 0 saturated heterocycles. The van der Waals surface area contributed by atoms with Crippen LogP contribution in [0.1, 0.15) is 77.0 Å². The molecule has 0 N–H and O–H groups in total. The summed E-state index contributed by atoms with van der Waals surface area (Å²) in [6.45, 7) is 0. The van der Waals surface area contributed by atoms with Gasteiger partial charge >= 0.3 is 0 Å². The Hall–Kier alpha value is -0.800. The van der Waals surface area contributed by atoms with E-state index < -0.39 is 12.6 Å². The summed E-state index contributed by atoms with van der Waals surface area (Å²) in [7, 11) is 10.0. The molecule has 7 heteroatoms. The van der Waals surface area contributed by atoms with Gasteiger partial charge in [-0.1, -0.05) is 37.8 Å². The van der Waals surface area contributed by atoms with Crippen molar-refractivity contribution in [1.82, 2.24) is 0 Å². The van der Waals surface area contributed by atoms with Crippen LogP contribution in [0.5, 0.6) is 0 Å². The van der Waals surface area contributed by atoms with Gasteiger partial charge in [0.05, 0.1) is 0 Å². The molecule has 7 nitrogen and oxygen atoms in total. The summed E-state index contributed by atoms with van der Waals surface area (Å²) in [5.74, 6) is 0. The Kier molecular flexibility index (Phi) is 23.7. The molecule has 0 aliphatic heterocycles. The van der Waals surface area contributed by atoms with Gasteiger partial charge in [-0.2, -0.15) is 0 Å². The molecule has 0 fully saturated rings. The molecule has 0 saturated carbocycles. The van der Waals surface area contributed by atoms with Gasteiger partial charge in [0.15, 0.2) is 25.2 Å². The number of allylic oxidation sites excluding steroid dienone is 2. The van der Waals surface area contributed by atoms with Crippen molar-refractivity contribution >= 4 is 0 Å². The van der Waals surface area contributed by atoms with E-state index in [0.29, 0.717) is 0 Å². The van der Waals surface area contributed by atoms with Crippen molar-refractivity contribution in [2.45, 2.75) is 102 Å². The molecule has 0 radical (unpaired) electrons. The SMILES string of the molecule is COC(C=CCCCCCCC(OC)OC)OC(C=CCCCCCCC(OC)OC)OC. The van der Waals surface area contributed by atoms with Gasteiger partial charge in [-0.15, -0.1) is 0 Å². The molecule has 0 aromatic rings. The zero-order valence-electron chi connectivity index (χ0n) is 22.0. The number of hydrogen-bond acceptors (Lipinski definition) is 7. The van der Waals surface area contributed by atoms with E-state index in [4.69, 9.17) is 33.2 Å². The minimum atomic E-state index is -0.418. The zero-order chi connectivity index (χ0) is 24.6. The number of unbranched alkanes of at least 4 members (excludes halogenated alkanes) is 8. The molecular formula is C26H50O7. The second kappa shape index (κ2) is 24.3. The molecule has 0 aromatic carbocycles. The highest BCUT2D eigenvalue weighted by atomic mass is 16.8. The van der Waals surface area contributed by atoms with E-state index >= 15 is 0 Å². The highest BCUT2D eigenvalue weighted by Crippen LogP contribution is 2.12. The van der Waals surface area contributed by atoms with E-state index in [2.05, 4.69) is 12.2 Å². The lowest BCUT2D eigenvalue weighted by Gasteiger charge is -2.18. The molecular weight excluding hydrogens is 424 g/mol. The topological polar surface area (TPSA) is 64.6 Å². The van der Waals surface area contributed by atoms with Crippen LogP contribution >= 0.6 is 0 Å². The van der Waals surface area contributed by atoms with E-state index in [1.54, 1.807) is 42.7 Å². The Labute approximate surface area is 202 Å². The molecule has 0 spiro atoms. The van der Waals surface area contributed by atoms with Crippen molar-refractivity contribution in [2.75, 3.05) is 42.7 Å². The lowest BCUT2D eigenvalue weighted by Crippen LogP contribution is -2.22. The van der Waals surface area contributed by atoms with E-state index in [-0.39, 0.29) is 12.6 Å². The molecule has 0 rings (SSSR count). The summed E-state index contributed by atoms with van der Waals surface area (Å²) in [5, 5.41) is 0. The fraction of sp³-hybridized carbons (Fsp3) is 0.846. The van der Waals surface area contributed by atoms with Crippen LogP contribution in [0, 0.1) is 0 Å². The van der Waals surface area contributed by atoms with Crippen LogP contribution in [0.4, 0.5) is 0 Å². The van der Waals surface area contributed by atoms with Crippen molar-refractivity contribution < 1.29 is 33.2 Å². The van der Waals surface area contributed by atoms with E-state index in [1.807, 2.05) is 12.2 Å². The molecule has 2 unspecified atom stereocenters. The summed E-state index contributed by atoms with van der Waals surface area (Å²) in [5.41, 5.74) is 0. The maximum absolute atomic E-state index is 5.87. The fourth-order valence-electron chi connectivity index (χ4n) is 3.42. The number of ether oxygens (including phenoxy) is 7. The normalized spacial score (nSPS) is 14.3. The summed E-state index contributed by atoms with van der Waals surface area (Å²) in [6.07, 6.45) is 20.3. The van der Waals surface area contributed by atoms with Crippen LogP contribution < -0.4 is 0 Å². The highest BCUT2D eigenvalue weighted by molar-refractivity contribution is 4.89. The van der Waals surface area contributed by atoms with Gasteiger partial charge in [0, 0.05) is 42.7 Å². The van der Waals surface area contributed by atoms with Crippen molar-refractivity contribution in [3.63, 3.8) is 0 Å². The smallest absolute Gasteiger partial charge is 0.179 e. The van der Waals surface area contributed by atoms with Gasteiger partial charge in [0.25, 0.3) is 0 Å². The van der Waals surface area contributed by atoms with Crippen LogP contribution in [0.25, 0.3) is 0 Å². The third-order valence-corrected chi connectivity index (χ3v) is 5.49. The van der Waals surface area contributed by atoms with Gasteiger partial charge < -0.3 is 33.2 Å². The summed E-state index contributed by atoms with van der Waals surface area (Å²) in [4.78, 5) is 0. The molecule has 0 aromatic heterocycles. The standard InChI is InChI=1S/C26H50O7/c1-27-23(28-2)19-15-11-7-9-13-17-21-25(31-5)33-26(32-6)22-18-14-10-8-12-16-20-24(29-3)30-4/h17-18,21-26H,7-16,19-20H2,1-6H3. The largest absolute Gasteiger partial charge is 0.356 e. The van der Waals surface area contributed by atoms with Crippen molar-refractivity contribution in [3.8, 4) is 0 Å². The lowest BCUT2D eigenvalue weighted by atomic mass is 10.1. The summed E-state index contributed by atoms with van der Waals surface area (Å²) in [6, 6.07) is 0. The Balaban J connectivity index is 3.93. The minimum Gasteiger partial charge on any atom is -0.356 e. The predicted octanol–water partition coefficient (Wildman–Crippen LogP) is 5.98. The number of methoxy groups -OCH3 is 6. The van der Waals surface area contributed by atoms with Gasteiger partial charge in [0.1, 0.15) is 0 Å². The molecule has 2 atom stereocenters. The predicted molar refractivity (Wildman–Crippen MR) is 132 cm³/mol. The molecule has 0 aliphatic carbocycles. The molecule has 0 amide bonds. The first-order valence-electron chi connectivity index (χ1n) is 12.3. The van der Waals surface area contributed by atoms with Crippen molar-refractivity contribution in [1.29, 1.82) is 0 Å².